The molecule has 0 spiro atoms. The lowest BCUT2D eigenvalue weighted by Gasteiger charge is -2.18. The van der Waals surface area contributed by atoms with Crippen molar-refractivity contribution in [1.82, 2.24) is 4.98 Å². The molecule has 3 heteroatoms. The number of hydrogen-bond donors (Lipinski definition) is 1. The van der Waals surface area contributed by atoms with E-state index in [1.54, 1.807) is 0 Å². The zero-order valence-corrected chi connectivity index (χ0v) is 9.79. The molecule has 0 aliphatic rings. The predicted molar refractivity (Wildman–Crippen MR) is 62.3 cm³/mol. The fourth-order valence-electron chi connectivity index (χ4n) is 1.44. The standard InChI is InChI=1S/C11H15NOSi/c1-14(2,3)13-10-5-4-9-6-7-12-11(9)8-10/h4-8,12H,1-3H3. The average molecular weight is 205 g/mol. The van der Waals surface area contributed by atoms with E-state index in [-0.39, 0.29) is 0 Å². The Morgan fingerprint density at radius 2 is 1.93 bits per heavy atom. The van der Waals surface area contributed by atoms with E-state index in [0.29, 0.717) is 0 Å². The predicted octanol–water partition coefficient (Wildman–Crippen LogP) is 3.38. The van der Waals surface area contributed by atoms with Gasteiger partial charge in [-0.2, -0.15) is 0 Å². The molecule has 1 heterocycles. The van der Waals surface area contributed by atoms with Crippen molar-refractivity contribution in [2.45, 2.75) is 19.6 Å². The monoisotopic (exact) mass is 205 g/mol. The van der Waals surface area contributed by atoms with Crippen molar-refractivity contribution in [3.8, 4) is 5.75 Å². The maximum absolute atomic E-state index is 5.90. The number of aromatic amines is 1. The van der Waals surface area contributed by atoms with Crippen LogP contribution in [-0.4, -0.2) is 13.3 Å². The maximum atomic E-state index is 5.90. The summed E-state index contributed by atoms with van der Waals surface area (Å²) in [5.74, 6) is 0.971. The summed E-state index contributed by atoms with van der Waals surface area (Å²) in [4.78, 5) is 3.18. The van der Waals surface area contributed by atoms with Gasteiger partial charge in [-0.1, -0.05) is 0 Å². The number of aromatic nitrogens is 1. The van der Waals surface area contributed by atoms with Crippen LogP contribution >= 0.6 is 0 Å². The van der Waals surface area contributed by atoms with Crippen molar-refractivity contribution in [2.75, 3.05) is 0 Å². The molecular weight excluding hydrogens is 190 g/mol. The molecule has 0 aliphatic carbocycles. The summed E-state index contributed by atoms with van der Waals surface area (Å²) in [5, 5.41) is 1.23. The minimum Gasteiger partial charge on any atom is -0.544 e. The quantitative estimate of drug-likeness (QED) is 0.747. The molecule has 0 radical (unpaired) electrons. The van der Waals surface area contributed by atoms with Gasteiger partial charge in [-0.05, 0) is 43.2 Å². The minimum absolute atomic E-state index is 0.971. The lowest BCUT2D eigenvalue weighted by molar-refractivity contribution is 0.558. The lowest BCUT2D eigenvalue weighted by atomic mass is 10.2. The molecule has 0 saturated heterocycles. The summed E-state index contributed by atoms with van der Waals surface area (Å²) in [5.41, 5.74) is 1.14. The summed E-state index contributed by atoms with van der Waals surface area (Å²) in [6, 6.07) is 8.25. The van der Waals surface area contributed by atoms with Crippen LogP contribution in [0.2, 0.25) is 19.6 Å². The number of rotatable bonds is 2. The first-order chi connectivity index (χ1) is 6.54. The zero-order valence-electron chi connectivity index (χ0n) is 8.79. The molecule has 14 heavy (non-hydrogen) atoms. The van der Waals surface area contributed by atoms with Crippen LogP contribution in [0.15, 0.2) is 30.5 Å². The SMILES string of the molecule is C[Si](C)(C)Oc1ccc2cc[nH]c2c1. The van der Waals surface area contributed by atoms with Crippen LogP contribution in [0.4, 0.5) is 0 Å². The van der Waals surface area contributed by atoms with Gasteiger partial charge in [0.05, 0.1) is 0 Å². The number of hydrogen-bond acceptors (Lipinski definition) is 1. The molecule has 0 aliphatic heterocycles. The first-order valence-electron chi connectivity index (χ1n) is 4.81. The van der Waals surface area contributed by atoms with Crippen LogP contribution in [-0.2, 0) is 0 Å². The summed E-state index contributed by atoms with van der Waals surface area (Å²) in [6.07, 6.45) is 1.95. The van der Waals surface area contributed by atoms with Crippen LogP contribution in [0, 0.1) is 0 Å². The van der Waals surface area contributed by atoms with Gasteiger partial charge in [-0.15, -0.1) is 0 Å². The molecule has 0 amide bonds. The molecule has 1 aromatic heterocycles. The number of nitrogens with one attached hydrogen (secondary N) is 1. The Hall–Kier alpha value is -1.22. The molecule has 0 atom stereocenters. The van der Waals surface area contributed by atoms with Gasteiger partial charge in [0.1, 0.15) is 5.75 Å². The molecule has 0 bridgehead atoms. The Morgan fingerprint density at radius 3 is 2.64 bits per heavy atom. The normalized spacial score (nSPS) is 11.9. The van der Waals surface area contributed by atoms with Crippen LogP contribution in [0.5, 0.6) is 5.75 Å². The van der Waals surface area contributed by atoms with E-state index >= 15 is 0 Å². The van der Waals surface area contributed by atoms with Crippen molar-refractivity contribution in [2.24, 2.45) is 0 Å². The molecule has 1 aromatic carbocycles. The third-order valence-electron chi connectivity index (χ3n) is 1.95. The Bertz CT molecular complexity index is 442. The van der Waals surface area contributed by atoms with Crippen LogP contribution < -0.4 is 4.43 Å². The van der Waals surface area contributed by atoms with E-state index in [0.717, 1.165) is 11.3 Å². The van der Waals surface area contributed by atoms with Crippen molar-refractivity contribution in [3.63, 3.8) is 0 Å². The second-order valence-corrected chi connectivity index (χ2v) is 8.87. The molecule has 2 nitrogen and oxygen atoms in total. The Morgan fingerprint density at radius 1 is 1.14 bits per heavy atom. The second-order valence-electron chi connectivity index (χ2n) is 4.44. The maximum Gasteiger partial charge on any atom is 0.242 e. The van der Waals surface area contributed by atoms with Crippen molar-refractivity contribution >= 4 is 19.2 Å². The van der Waals surface area contributed by atoms with E-state index in [9.17, 15) is 0 Å². The highest BCUT2D eigenvalue weighted by molar-refractivity contribution is 6.70. The first kappa shape index (κ1) is 9.34. The summed E-state index contributed by atoms with van der Waals surface area (Å²) in [6.45, 7) is 6.56. The minimum atomic E-state index is -1.48. The van der Waals surface area contributed by atoms with E-state index < -0.39 is 8.32 Å². The summed E-state index contributed by atoms with van der Waals surface area (Å²) >= 11 is 0. The molecule has 0 fully saturated rings. The highest BCUT2D eigenvalue weighted by Gasteiger charge is 2.16. The Kier molecular flexibility index (Phi) is 2.11. The number of H-pyrrole nitrogens is 1. The summed E-state index contributed by atoms with van der Waals surface area (Å²) in [7, 11) is -1.48. The second kappa shape index (κ2) is 3.17. The molecule has 2 aromatic rings. The average Bonchev–Trinajstić information content (AvgIpc) is 2.47. The van der Waals surface area contributed by atoms with Crippen molar-refractivity contribution in [1.29, 1.82) is 0 Å². The summed E-state index contributed by atoms with van der Waals surface area (Å²) < 4.78 is 5.90. The Balaban J connectivity index is 2.35. The highest BCUT2D eigenvalue weighted by atomic mass is 28.4. The van der Waals surface area contributed by atoms with Crippen LogP contribution in [0.3, 0.4) is 0 Å². The Labute approximate surface area is 85.0 Å². The molecule has 2 rings (SSSR count). The smallest absolute Gasteiger partial charge is 0.242 e. The van der Waals surface area contributed by atoms with Gasteiger partial charge in [0.15, 0.2) is 0 Å². The molecule has 0 saturated carbocycles. The van der Waals surface area contributed by atoms with E-state index in [2.05, 4.69) is 42.8 Å². The van der Waals surface area contributed by atoms with Crippen molar-refractivity contribution in [3.05, 3.63) is 30.5 Å². The van der Waals surface area contributed by atoms with Gasteiger partial charge in [0.25, 0.3) is 0 Å². The highest BCUT2D eigenvalue weighted by Crippen LogP contribution is 2.21. The molecule has 74 valence electrons. The van der Waals surface area contributed by atoms with Crippen LogP contribution in [0.25, 0.3) is 10.9 Å². The van der Waals surface area contributed by atoms with Gasteiger partial charge in [0, 0.05) is 17.8 Å². The van der Waals surface area contributed by atoms with Gasteiger partial charge in [-0.3, -0.25) is 0 Å². The lowest BCUT2D eigenvalue weighted by Crippen LogP contribution is -2.29. The molecule has 1 N–H and O–H groups in total. The van der Waals surface area contributed by atoms with E-state index in [4.69, 9.17) is 4.43 Å². The van der Waals surface area contributed by atoms with Crippen LogP contribution in [0.1, 0.15) is 0 Å². The van der Waals surface area contributed by atoms with Gasteiger partial charge >= 0.3 is 0 Å². The van der Waals surface area contributed by atoms with Crippen molar-refractivity contribution < 1.29 is 4.43 Å². The zero-order chi connectivity index (χ0) is 10.2. The third-order valence-corrected chi connectivity index (χ3v) is 2.80. The van der Waals surface area contributed by atoms with Gasteiger partial charge in [0.2, 0.25) is 8.32 Å². The molecular formula is C11H15NOSi. The van der Waals surface area contributed by atoms with E-state index in [1.807, 2.05) is 12.3 Å². The largest absolute Gasteiger partial charge is 0.544 e. The first-order valence-corrected chi connectivity index (χ1v) is 8.22. The number of benzene rings is 1. The fraction of sp³-hybridized carbons (Fsp3) is 0.273. The molecule has 0 unspecified atom stereocenters. The van der Waals surface area contributed by atoms with E-state index in [1.165, 1.54) is 5.39 Å². The fourth-order valence-corrected chi connectivity index (χ4v) is 2.28. The topological polar surface area (TPSA) is 25.0 Å². The third kappa shape index (κ3) is 1.99. The van der Waals surface area contributed by atoms with Gasteiger partial charge in [-0.25, -0.2) is 0 Å². The van der Waals surface area contributed by atoms with Gasteiger partial charge < -0.3 is 9.41 Å². The number of fused-ring (bicyclic) bond motifs is 1.